The summed E-state index contributed by atoms with van der Waals surface area (Å²) in [4.78, 5) is 12.2. The van der Waals surface area contributed by atoms with Gasteiger partial charge in [-0.2, -0.15) is 21.6 Å². The van der Waals surface area contributed by atoms with Crippen LogP contribution in [0, 0.1) is 17.8 Å². The van der Waals surface area contributed by atoms with Crippen molar-refractivity contribution >= 4 is 15.9 Å². The molecule has 4 nitrogen and oxygen atoms in total. The maximum atomic E-state index is 12.5. The van der Waals surface area contributed by atoms with E-state index in [9.17, 15) is 26.4 Å². The van der Waals surface area contributed by atoms with E-state index >= 15 is 0 Å². The number of alkyl halides is 3. The fourth-order valence-corrected chi connectivity index (χ4v) is 5.01. The summed E-state index contributed by atoms with van der Waals surface area (Å²) in [7, 11) is -5.73. The monoisotopic (exact) mass is 312 g/mol. The van der Waals surface area contributed by atoms with Gasteiger partial charge < -0.3 is 0 Å². The number of Topliss-reactive ketones (excluding diaryl/α,β-unsaturated/α-hetero) is 1. The van der Waals surface area contributed by atoms with E-state index in [0.29, 0.717) is 0 Å². The lowest BCUT2D eigenvalue weighted by atomic mass is 9.66. The summed E-state index contributed by atoms with van der Waals surface area (Å²) in [6.07, 6.45) is 2.79. The highest BCUT2D eigenvalue weighted by molar-refractivity contribution is 7.87. The molecule has 2 unspecified atom stereocenters. The largest absolute Gasteiger partial charge is 0.523 e. The standard InChI is InChI=1S/C12H15F3O4S/c13-12(14,15)20(17,18)19-11-5-8-1-7(4-10(11)16)2-9(3-8)6-11/h7-9H,1-6H2. The molecule has 0 saturated heterocycles. The molecule has 0 N–H and O–H groups in total. The first-order chi connectivity index (χ1) is 9.11. The van der Waals surface area contributed by atoms with E-state index in [-0.39, 0.29) is 37.0 Å². The molecule has 0 radical (unpaired) electrons. The number of hydrogen-bond acceptors (Lipinski definition) is 4. The molecule has 4 aliphatic carbocycles. The topological polar surface area (TPSA) is 60.4 Å². The van der Waals surface area contributed by atoms with Crippen LogP contribution < -0.4 is 0 Å². The smallest absolute Gasteiger partial charge is 0.296 e. The van der Waals surface area contributed by atoms with Crippen LogP contribution in [-0.4, -0.2) is 25.3 Å². The number of ketones is 1. The Hall–Kier alpha value is -0.630. The van der Waals surface area contributed by atoms with Gasteiger partial charge in [-0.25, -0.2) is 4.18 Å². The molecule has 4 bridgehead atoms. The minimum atomic E-state index is -5.73. The van der Waals surface area contributed by atoms with Crippen LogP contribution in [0.15, 0.2) is 0 Å². The van der Waals surface area contributed by atoms with Gasteiger partial charge in [0.2, 0.25) is 0 Å². The molecule has 0 aromatic heterocycles. The number of hydrogen-bond donors (Lipinski definition) is 0. The summed E-state index contributed by atoms with van der Waals surface area (Å²) in [5, 5.41) is 0. The highest BCUT2D eigenvalue weighted by Gasteiger charge is 2.59. The highest BCUT2D eigenvalue weighted by atomic mass is 32.2. The molecule has 8 heteroatoms. The molecule has 4 fully saturated rings. The van der Waals surface area contributed by atoms with Crippen LogP contribution in [0.4, 0.5) is 13.2 Å². The summed E-state index contributed by atoms with van der Waals surface area (Å²) >= 11 is 0. The fraction of sp³-hybridized carbons (Fsp3) is 0.917. The normalized spacial score (nSPS) is 41.0. The second-order valence-electron chi connectivity index (χ2n) is 6.32. The molecule has 0 aromatic carbocycles. The Morgan fingerprint density at radius 1 is 1.05 bits per heavy atom. The van der Waals surface area contributed by atoms with Crippen molar-refractivity contribution in [2.45, 2.75) is 49.6 Å². The summed E-state index contributed by atoms with van der Waals surface area (Å²) in [5.74, 6) is -0.0994. The summed E-state index contributed by atoms with van der Waals surface area (Å²) in [5.41, 5.74) is -7.25. The first-order valence-electron chi connectivity index (χ1n) is 6.66. The Bertz CT molecular complexity index is 525. The van der Waals surface area contributed by atoms with Crippen molar-refractivity contribution in [3.8, 4) is 0 Å². The third-order valence-electron chi connectivity index (χ3n) is 4.77. The van der Waals surface area contributed by atoms with Gasteiger partial charge in [0.1, 0.15) is 5.60 Å². The first kappa shape index (κ1) is 14.3. The summed E-state index contributed by atoms with van der Waals surface area (Å²) in [6.45, 7) is 0. The second-order valence-corrected chi connectivity index (χ2v) is 7.86. The van der Waals surface area contributed by atoms with Gasteiger partial charge in [-0.05, 0) is 49.9 Å². The molecule has 4 rings (SSSR count). The molecule has 20 heavy (non-hydrogen) atoms. The Morgan fingerprint density at radius 3 is 2.05 bits per heavy atom. The van der Waals surface area contributed by atoms with Gasteiger partial charge in [0, 0.05) is 6.42 Å². The summed E-state index contributed by atoms with van der Waals surface area (Å²) in [6, 6.07) is 0. The fourth-order valence-electron chi connectivity index (χ4n) is 4.27. The lowest BCUT2D eigenvalue weighted by molar-refractivity contribution is -0.140. The van der Waals surface area contributed by atoms with Crippen LogP contribution >= 0.6 is 0 Å². The van der Waals surface area contributed by atoms with Crippen molar-refractivity contribution in [3.63, 3.8) is 0 Å². The maximum Gasteiger partial charge on any atom is 0.523 e. The van der Waals surface area contributed by atoms with Crippen LogP contribution in [0.25, 0.3) is 0 Å². The van der Waals surface area contributed by atoms with Crippen LogP contribution in [0.3, 0.4) is 0 Å². The van der Waals surface area contributed by atoms with E-state index in [0.717, 1.165) is 19.3 Å². The van der Waals surface area contributed by atoms with E-state index < -0.39 is 27.0 Å². The van der Waals surface area contributed by atoms with Gasteiger partial charge in [0.25, 0.3) is 0 Å². The number of rotatable bonds is 2. The van der Waals surface area contributed by atoms with E-state index in [4.69, 9.17) is 0 Å². The van der Waals surface area contributed by atoms with Gasteiger partial charge in [-0.1, -0.05) is 0 Å². The van der Waals surface area contributed by atoms with Gasteiger partial charge in [-0.15, -0.1) is 0 Å². The quantitative estimate of drug-likeness (QED) is 0.580. The minimum Gasteiger partial charge on any atom is -0.296 e. The summed E-state index contributed by atoms with van der Waals surface area (Å²) < 4.78 is 64.6. The van der Waals surface area contributed by atoms with E-state index in [1.165, 1.54) is 0 Å². The Balaban J connectivity index is 1.96. The third kappa shape index (κ3) is 2.16. The minimum absolute atomic E-state index is 0.0994. The molecule has 114 valence electrons. The molecule has 2 atom stereocenters. The van der Waals surface area contributed by atoms with E-state index in [1.807, 2.05) is 0 Å². The Labute approximate surface area is 114 Å². The zero-order chi connectivity index (χ0) is 14.8. The molecule has 0 amide bonds. The lowest BCUT2D eigenvalue weighted by Gasteiger charge is -2.43. The zero-order valence-corrected chi connectivity index (χ0v) is 11.5. The highest BCUT2D eigenvalue weighted by Crippen LogP contribution is 2.54. The zero-order valence-electron chi connectivity index (χ0n) is 10.6. The van der Waals surface area contributed by atoms with E-state index in [2.05, 4.69) is 4.18 Å². The molecule has 0 aliphatic heterocycles. The number of carbonyl (C=O) groups excluding carboxylic acids is 1. The van der Waals surface area contributed by atoms with Crippen LogP contribution in [0.1, 0.15) is 38.5 Å². The number of fused-ring (bicyclic) bond motifs is 1. The van der Waals surface area contributed by atoms with Crippen molar-refractivity contribution in [1.29, 1.82) is 0 Å². The lowest BCUT2D eigenvalue weighted by Crippen LogP contribution is -2.49. The second kappa shape index (κ2) is 4.19. The SMILES string of the molecule is O=C1CC2CC3CC(C2)CC1(OS(=O)(=O)C(F)(F)F)C3. The van der Waals surface area contributed by atoms with E-state index in [1.54, 1.807) is 0 Å². The average molecular weight is 312 g/mol. The predicted molar refractivity (Wildman–Crippen MR) is 62.0 cm³/mol. The molecular formula is C12H15F3O4S. The molecule has 4 saturated carbocycles. The van der Waals surface area contributed by atoms with Crippen molar-refractivity contribution < 1.29 is 30.6 Å². The Kier molecular flexibility index (Phi) is 3.00. The predicted octanol–water partition coefficient (Wildman–Crippen LogP) is 2.39. The molecule has 4 aliphatic rings. The van der Waals surface area contributed by atoms with Gasteiger partial charge in [0.15, 0.2) is 5.78 Å². The Morgan fingerprint density at radius 2 is 1.55 bits per heavy atom. The van der Waals surface area contributed by atoms with Gasteiger partial charge >= 0.3 is 15.6 Å². The van der Waals surface area contributed by atoms with Gasteiger partial charge in [-0.3, -0.25) is 4.79 Å². The maximum absolute atomic E-state index is 12.5. The molecular weight excluding hydrogens is 297 g/mol. The number of halogens is 3. The molecule has 0 heterocycles. The van der Waals surface area contributed by atoms with Gasteiger partial charge in [0.05, 0.1) is 0 Å². The third-order valence-corrected chi connectivity index (χ3v) is 5.88. The van der Waals surface area contributed by atoms with Crippen molar-refractivity contribution in [1.82, 2.24) is 0 Å². The van der Waals surface area contributed by atoms with Crippen molar-refractivity contribution in [2.24, 2.45) is 17.8 Å². The number of carbonyl (C=O) groups is 1. The molecule has 0 aromatic rings. The van der Waals surface area contributed by atoms with Crippen LogP contribution in [0.2, 0.25) is 0 Å². The average Bonchev–Trinajstić information content (AvgIpc) is 2.37. The van der Waals surface area contributed by atoms with Crippen molar-refractivity contribution in [3.05, 3.63) is 0 Å². The molecule has 0 spiro atoms. The van der Waals surface area contributed by atoms with Crippen LogP contribution in [0.5, 0.6) is 0 Å². The first-order valence-corrected chi connectivity index (χ1v) is 8.07. The van der Waals surface area contributed by atoms with Crippen molar-refractivity contribution in [2.75, 3.05) is 0 Å². The van der Waals surface area contributed by atoms with Crippen LogP contribution in [-0.2, 0) is 19.1 Å².